The van der Waals surface area contributed by atoms with Crippen molar-refractivity contribution in [2.24, 2.45) is 0 Å². The fourth-order valence-electron chi connectivity index (χ4n) is 2.30. The van der Waals surface area contributed by atoms with Crippen LogP contribution in [0.3, 0.4) is 0 Å². The molecule has 1 atom stereocenters. The molecule has 2 N–H and O–H groups in total. The maximum Gasteiger partial charge on any atom is 0.303 e. The third-order valence-corrected chi connectivity index (χ3v) is 3.78. The van der Waals surface area contributed by atoms with Crippen molar-refractivity contribution in [3.63, 3.8) is 0 Å². The Hall–Kier alpha value is -2.82. The Labute approximate surface area is 141 Å². The summed E-state index contributed by atoms with van der Waals surface area (Å²) in [6.45, 7) is 3.82. The van der Waals surface area contributed by atoms with Gasteiger partial charge >= 0.3 is 5.97 Å². The summed E-state index contributed by atoms with van der Waals surface area (Å²) < 4.78 is 5.73. The highest BCUT2D eigenvalue weighted by molar-refractivity contribution is 5.96. The molecular formula is C19H21NO4. The molecule has 2 aromatic carbocycles. The first-order valence-corrected chi connectivity index (χ1v) is 7.78. The van der Waals surface area contributed by atoms with E-state index < -0.39 is 12.2 Å². The van der Waals surface area contributed by atoms with Crippen molar-refractivity contribution in [2.75, 3.05) is 0 Å². The van der Waals surface area contributed by atoms with Gasteiger partial charge in [-0.3, -0.25) is 9.59 Å². The van der Waals surface area contributed by atoms with Gasteiger partial charge in [0.15, 0.2) is 6.23 Å². The molecular weight excluding hydrogens is 306 g/mol. The van der Waals surface area contributed by atoms with Crippen LogP contribution >= 0.6 is 0 Å². The molecule has 0 fully saturated rings. The lowest BCUT2D eigenvalue weighted by molar-refractivity contribution is -0.137. The first kappa shape index (κ1) is 17.5. The third kappa shape index (κ3) is 4.84. The first-order chi connectivity index (χ1) is 11.5. The summed E-state index contributed by atoms with van der Waals surface area (Å²) in [5.74, 6) is -0.630. The van der Waals surface area contributed by atoms with E-state index in [1.54, 1.807) is 18.2 Å². The van der Waals surface area contributed by atoms with Gasteiger partial charge in [0.1, 0.15) is 5.75 Å². The summed E-state index contributed by atoms with van der Waals surface area (Å²) in [5.41, 5.74) is 2.48. The van der Waals surface area contributed by atoms with Gasteiger partial charge in [-0.05, 0) is 43.2 Å². The number of para-hydroxylation sites is 1. The van der Waals surface area contributed by atoms with E-state index in [0.29, 0.717) is 11.3 Å². The molecule has 5 heteroatoms. The number of benzene rings is 2. The number of carboxylic acid groups (broad SMARTS) is 1. The van der Waals surface area contributed by atoms with Crippen molar-refractivity contribution in [3.05, 3.63) is 65.2 Å². The van der Waals surface area contributed by atoms with Gasteiger partial charge in [0.05, 0.1) is 6.42 Å². The zero-order valence-corrected chi connectivity index (χ0v) is 13.8. The molecule has 5 nitrogen and oxygen atoms in total. The molecule has 24 heavy (non-hydrogen) atoms. The smallest absolute Gasteiger partial charge is 0.303 e. The molecule has 1 amide bonds. The molecule has 0 aliphatic carbocycles. The lowest BCUT2D eigenvalue weighted by Crippen LogP contribution is -2.39. The van der Waals surface area contributed by atoms with E-state index in [2.05, 4.69) is 5.32 Å². The number of aliphatic carboxylic acids is 1. The Balaban J connectivity index is 2.12. The van der Waals surface area contributed by atoms with E-state index in [-0.39, 0.29) is 18.7 Å². The normalized spacial score (nSPS) is 11.6. The van der Waals surface area contributed by atoms with Crippen LogP contribution < -0.4 is 10.1 Å². The summed E-state index contributed by atoms with van der Waals surface area (Å²) in [4.78, 5) is 23.4. The summed E-state index contributed by atoms with van der Waals surface area (Å²) in [7, 11) is 0. The van der Waals surface area contributed by atoms with Gasteiger partial charge in [0.25, 0.3) is 5.91 Å². The van der Waals surface area contributed by atoms with E-state index in [0.717, 1.165) is 11.1 Å². The Morgan fingerprint density at radius 1 is 1.08 bits per heavy atom. The molecule has 0 spiro atoms. The van der Waals surface area contributed by atoms with E-state index >= 15 is 0 Å². The number of rotatable bonds is 7. The van der Waals surface area contributed by atoms with Gasteiger partial charge in [-0.1, -0.05) is 30.3 Å². The molecule has 0 heterocycles. The molecule has 2 aromatic rings. The maximum atomic E-state index is 12.5. The molecule has 126 valence electrons. The number of carbonyl (C=O) groups is 2. The summed E-state index contributed by atoms with van der Waals surface area (Å²) in [6.07, 6.45) is -0.623. The van der Waals surface area contributed by atoms with Crippen LogP contribution in [0.15, 0.2) is 48.5 Å². The Morgan fingerprint density at radius 3 is 2.46 bits per heavy atom. The van der Waals surface area contributed by atoms with E-state index in [4.69, 9.17) is 9.84 Å². The number of nitrogens with one attached hydrogen (secondary N) is 1. The number of carbonyl (C=O) groups excluding carboxylic acids is 1. The van der Waals surface area contributed by atoms with Crippen LogP contribution in [-0.2, 0) is 4.79 Å². The zero-order chi connectivity index (χ0) is 17.5. The summed E-state index contributed by atoms with van der Waals surface area (Å²) in [5, 5.41) is 11.7. The predicted molar refractivity (Wildman–Crippen MR) is 91.1 cm³/mol. The van der Waals surface area contributed by atoms with Crippen molar-refractivity contribution >= 4 is 11.9 Å². The second-order valence-electron chi connectivity index (χ2n) is 5.57. The molecule has 0 aromatic heterocycles. The molecule has 0 radical (unpaired) electrons. The fourth-order valence-corrected chi connectivity index (χ4v) is 2.30. The van der Waals surface area contributed by atoms with Crippen molar-refractivity contribution < 1.29 is 19.4 Å². The quantitative estimate of drug-likeness (QED) is 0.765. The van der Waals surface area contributed by atoms with Crippen molar-refractivity contribution in [1.29, 1.82) is 0 Å². The van der Waals surface area contributed by atoms with Crippen molar-refractivity contribution in [2.45, 2.75) is 32.9 Å². The SMILES string of the molecule is Cc1cccc(C(=O)NC(CCC(=O)O)Oc2ccccc2)c1C. The van der Waals surface area contributed by atoms with E-state index in [1.807, 2.05) is 44.2 Å². The average Bonchev–Trinajstić information content (AvgIpc) is 2.56. The number of hydrogen-bond donors (Lipinski definition) is 2. The topological polar surface area (TPSA) is 75.6 Å². The second kappa shape index (κ2) is 8.15. The Kier molecular flexibility index (Phi) is 5.95. The van der Waals surface area contributed by atoms with Crippen LogP contribution in [0.25, 0.3) is 0 Å². The van der Waals surface area contributed by atoms with Gasteiger partial charge < -0.3 is 15.2 Å². The average molecular weight is 327 g/mol. The number of aryl methyl sites for hydroxylation is 1. The van der Waals surface area contributed by atoms with Gasteiger partial charge in [-0.15, -0.1) is 0 Å². The highest BCUT2D eigenvalue weighted by Crippen LogP contribution is 2.15. The van der Waals surface area contributed by atoms with Crippen LogP contribution in [0.4, 0.5) is 0 Å². The molecule has 0 aliphatic heterocycles. The minimum atomic E-state index is -0.933. The monoisotopic (exact) mass is 327 g/mol. The van der Waals surface area contributed by atoms with Crippen molar-refractivity contribution in [3.8, 4) is 5.75 Å². The molecule has 0 saturated heterocycles. The first-order valence-electron chi connectivity index (χ1n) is 7.78. The summed E-state index contributed by atoms with van der Waals surface area (Å²) >= 11 is 0. The van der Waals surface area contributed by atoms with Crippen LogP contribution in [0.1, 0.15) is 34.3 Å². The van der Waals surface area contributed by atoms with E-state index in [9.17, 15) is 9.59 Å². The largest absolute Gasteiger partial charge is 0.481 e. The molecule has 0 saturated carbocycles. The number of ether oxygens (including phenoxy) is 1. The van der Waals surface area contributed by atoms with Crippen molar-refractivity contribution in [1.82, 2.24) is 5.32 Å². The Bertz CT molecular complexity index is 713. The Morgan fingerprint density at radius 2 is 1.79 bits per heavy atom. The summed E-state index contributed by atoms with van der Waals surface area (Å²) in [6, 6.07) is 14.5. The number of hydrogen-bond acceptors (Lipinski definition) is 3. The van der Waals surface area contributed by atoms with Gasteiger partial charge in [-0.25, -0.2) is 0 Å². The van der Waals surface area contributed by atoms with Crippen LogP contribution in [0.2, 0.25) is 0 Å². The predicted octanol–water partition coefficient (Wildman–Crippen LogP) is 3.30. The standard InChI is InChI=1S/C19H21NO4/c1-13-7-6-10-16(14(13)2)19(23)20-17(11-12-18(21)22)24-15-8-4-3-5-9-15/h3-10,17H,11-12H2,1-2H3,(H,20,23)(H,21,22). The fraction of sp³-hybridized carbons (Fsp3) is 0.263. The van der Waals surface area contributed by atoms with Crippen LogP contribution in [0, 0.1) is 13.8 Å². The number of carboxylic acids is 1. The molecule has 0 bridgehead atoms. The van der Waals surface area contributed by atoms with E-state index in [1.165, 1.54) is 0 Å². The highest BCUT2D eigenvalue weighted by Gasteiger charge is 2.18. The minimum Gasteiger partial charge on any atom is -0.481 e. The minimum absolute atomic E-state index is 0.0927. The molecule has 1 unspecified atom stereocenters. The van der Waals surface area contributed by atoms with Crippen LogP contribution in [0.5, 0.6) is 5.75 Å². The lowest BCUT2D eigenvalue weighted by Gasteiger charge is -2.20. The highest BCUT2D eigenvalue weighted by atomic mass is 16.5. The second-order valence-corrected chi connectivity index (χ2v) is 5.57. The molecule has 0 aliphatic rings. The van der Waals surface area contributed by atoms with Gasteiger partial charge in [-0.2, -0.15) is 0 Å². The zero-order valence-electron chi connectivity index (χ0n) is 13.8. The number of amides is 1. The lowest BCUT2D eigenvalue weighted by atomic mass is 10.0. The third-order valence-electron chi connectivity index (χ3n) is 3.78. The van der Waals surface area contributed by atoms with Gasteiger partial charge in [0, 0.05) is 12.0 Å². The van der Waals surface area contributed by atoms with Crippen LogP contribution in [-0.4, -0.2) is 23.2 Å². The molecule has 2 rings (SSSR count). The maximum absolute atomic E-state index is 12.5. The van der Waals surface area contributed by atoms with Gasteiger partial charge in [0.2, 0.25) is 0 Å².